The van der Waals surface area contributed by atoms with Crippen LogP contribution in [0.4, 0.5) is 5.69 Å². The van der Waals surface area contributed by atoms with Gasteiger partial charge >= 0.3 is 5.97 Å². The SMILES string of the molecule is CCNC(=O)CCOC(=O)c1cc(N)cn1C. The Morgan fingerprint density at radius 1 is 1.53 bits per heavy atom. The molecule has 94 valence electrons. The molecule has 1 aromatic rings. The minimum Gasteiger partial charge on any atom is -0.460 e. The molecule has 17 heavy (non-hydrogen) atoms. The van der Waals surface area contributed by atoms with E-state index in [0.717, 1.165) is 0 Å². The molecule has 6 heteroatoms. The van der Waals surface area contributed by atoms with Crippen LogP contribution in [0, 0.1) is 0 Å². The molecule has 0 atom stereocenters. The fraction of sp³-hybridized carbons (Fsp3) is 0.455. The molecule has 6 nitrogen and oxygen atoms in total. The van der Waals surface area contributed by atoms with Crippen LogP contribution in [-0.2, 0) is 16.6 Å². The Labute approximate surface area is 99.7 Å². The zero-order chi connectivity index (χ0) is 12.8. The molecule has 0 unspecified atom stereocenters. The molecule has 0 saturated carbocycles. The van der Waals surface area contributed by atoms with Gasteiger partial charge < -0.3 is 20.4 Å². The minimum atomic E-state index is -0.478. The van der Waals surface area contributed by atoms with E-state index < -0.39 is 5.97 Å². The third-order valence-electron chi connectivity index (χ3n) is 2.17. The fourth-order valence-electron chi connectivity index (χ4n) is 1.39. The number of hydrogen-bond acceptors (Lipinski definition) is 4. The fourth-order valence-corrected chi connectivity index (χ4v) is 1.39. The van der Waals surface area contributed by atoms with Gasteiger partial charge in [-0.25, -0.2) is 4.79 Å². The molecule has 3 N–H and O–H groups in total. The normalized spacial score (nSPS) is 10.0. The molecule has 0 aliphatic carbocycles. The number of carbonyl (C=O) groups excluding carboxylic acids is 2. The van der Waals surface area contributed by atoms with Crippen molar-refractivity contribution in [3.63, 3.8) is 0 Å². The second kappa shape index (κ2) is 5.93. The van der Waals surface area contributed by atoms with Crippen molar-refractivity contribution in [2.45, 2.75) is 13.3 Å². The number of carbonyl (C=O) groups is 2. The Balaban J connectivity index is 2.40. The molecule has 1 heterocycles. The third-order valence-corrected chi connectivity index (χ3v) is 2.17. The lowest BCUT2D eigenvalue weighted by Gasteiger charge is -2.05. The summed E-state index contributed by atoms with van der Waals surface area (Å²) in [5, 5.41) is 2.62. The van der Waals surface area contributed by atoms with Gasteiger partial charge in [0.2, 0.25) is 5.91 Å². The first-order chi connectivity index (χ1) is 8.04. The molecule has 1 rings (SSSR count). The number of esters is 1. The van der Waals surface area contributed by atoms with Crippen molar-refractivity contribution in [2.24, 2.45) is 7.05 Å². The first kappa shape index (κ1) is 13.1. The summed E-state index contributed by atoms with van der Waals surface area (Å²) in [7, 11) is 1.71. The third kappa shape index (κ3) is 3.82. The van der Waals surface area contributed by atoms with Crippen LogP contribution in [0.2, 0.25) is 0 Å². The van der Waals surface area contributed by atoms with Crippen molar-refractivity contribution in [1.82, 2.24) is 9.88 Å². The van der Waals surface area contributed by atoms with Gasteiger partial charge in [0.25, 0.3) is 0 Å². The number of aromatic nitrogens is 1. The zero-order valence-corrected chi connectivity index (χ0v) is 10.0. The van der Waals surface area contributed by atoms with Crippen LogP contribution in [0.25, 0.3) is 0 Å². The number of nitrogens with zero attached hydrogens (tertiary/aromatic N) is 1. The Bertz CT molecular complexity index is 412. The maximum absolute atomic E-state index is 11.6. The van der Waals surface area contributed by atoms with E-state index in [-0.39, 0.29) is 18.9 Å². The summed E-state index contributed by atoms with van der Waals surface area (Å²) in [4.78, 5) is 22.7. The van der Waals surface area contributed by atoms with Gasteiger partial charge in [-0.05, 0) is 13.0 Å². The largest absolute Gasteiger partial charge is 0.460 e. The topological polar surface area (TPSA) is 86.3 Å². The van der Waals surface area contributed by atoms with E-state index >= 15 is 0 Å². The zero-order valence-electron chi connectivity index (χ0n) is 10.0. The standard InChI is InChI=1S/C11H17N3O3/c1-3-13-10(15)4-5-17-11(16)9-6-8(12)7-14(9)2/h6-7H,3-5,12H2,1-2H3,(H,13,15). The van der Waals surface area contributed by atoms with Gasteiger partial charge in [0.05, 0.1) is 12.1 Å². The lowest BCUT2D eigenvalue weighted by Crippen LogP contribution is -2.24. The van der Waals surface area contributed by atoms with Crippen molar-refractivity contribution >= 4 is 17.6 Å². The van der Waals surface area contributed by atoms with Gasteiger partial charge in [-0.15, -0.1) is 0 Å². The van der Waals surface area contributed by atoms with E-state index in [1.807, 2.05) is 6.92 Å². The number of nitrogens with one attached hydrogen (secondary N) is 1. The Kier molecular flexibility index (Phi) is 4.56. The highest BCUT2D eigenvalue weighted by Crippen LogP contribution is 2.09. The van der Waals surface area contributed by atoms with Crippen molar-refractivity contribution < 1.29 is 14.3 Å². The molecule has 0 fully saturated rings. The van der Waals surface area contributed by atoms with Crippen molar-refractivity contribution in [3.05, 3.63) is 18.0 Å². The number of ether oxygens (including phenoxy) is 1. The molecular weight excluding hydrogens is 222 g/mol. The highest BCUT2D eigenvalue weighted by molar-refractivity contribution is 5.89. The average molecular weight is 239 g/mol. The van der Waals surface area contributed by atoms with Gasteiger partial charge in [0, 0.05) is 19.8 Å². The van der Waals surface area contributed by atoms with E-state index in [1.54, 1.807) is 17.8 Å². The number of nitrogens with two attached hydrogens (primary N) is 1. The first-order valence-corrected chi connectivity index (χ1v) is 5.40. The summed E-state index contributed by atoms with van der Waals surface area (Å²) in [6.45, 7) is 2.47. The second-order valence-corrected chi connectivity index (χ2v) is 3.61. The monoisotopic (exact) mass is 239 g/mol. The van der Waals surface area contributed by atoms with E-state index in [9.17, 15) is 9.59 Å². The molecule has 0 saturated heterocycles. The van der Waals surface area contributed by atoms with Crippen LogP contribution in [0.3, 0.4) is 0 Å². The predicted molar refractivity (Wildman–Crippen MR) is 63.4 cm³/mol. The molecule has 1 amide bonds. The summed E-state index contributed by atoms with van der Waals surface area (Å²) in [6, 6.07) is 1.54. The van der Waals surface area contributed by atoms with Gasteiger partial charge in [-0.3, -0.25) is 4.79 Å². The summed E-state index contributed by atoms with van der Waals surface area (Å²) in [6.07, 6.45) is 1.79. The van der Waals surface area contributed by atoms with E-state index in [0.29, 0.717) is 17.9 Å². The van der Waals surface area contributed by atoms with Gasteiger partial charge in [-0.2, -0.15) is 0 Å². The van der Waals surface area contributed by atoms with Crippen molar-refractivity contribution in [3.8, 4) is 0 Å². The van der Waals surface area contributed by atoms with Crippen LogP contribution < -0.4 is 11.1 Å². The highest BCUT2D eigenvalue weighted by atomic mass is 16.5. The molecule has 0 aliphatic heterocycles. The minimum absolute atomic E-state index is 0.0652. The van der Waals surface area contributed by atoms with Crippen molar-refractivity contribution in [2.75, 3.05) is 18.9 Å². The maximum Gasteiger partial charge on any atom is 0.355 e. The summed E-state index contributed by atoms with van der Waals surface area (Å²) in [5.74, 6) is -0.611. The highest BCUT2D eigenvalue weighted by Gasteiger charge is 2.12. The smallest absolute Gasteiger partial charge is 0.355 e. The predicted octanol–water partition coefficient (Wildman–Crippen LogP) is 0.290. The number of hydrogen-bond donors (Lipinski definition) is 2. The summed E-state index contributed by atoms with van der Waals surface area (Å²) in [5.41, 5.74) is 6.42. The number of nitrogen functional groups attached to an aromatic ring is 1. The summed E-state index contributed by atoms with van der Waals surface area (Å²) < 4.78 is 6.55. The van der Waals surface area contributed by atoms with Crippen LogP contribution >= 0.6 is 0 Å². The van der Waals surface area contributed by atoms with Crippen LogP contribution in [0.1, 0.15) is 23.8 Å². The number of amides is 1. The molecule has 0 aliphatic rings. The van der Waals surface area contributed by atoms with Gasteiger partial charge in [0.15, 0.2) is 0 Å². The first-order valence-electron chi connectivity index (χ1n) is 5.40. The maximum atomic E-state index is 11.6. The molecule has 0 radical (unpaired) electrons. The van der Waals surface area contributed by atoms with Gasteiger partial charge in [-0.1, -0.05) is 0 Å². The quantitative estimate of drug-likeness (QED) is 0.723. The number of rotatable bonds is 5. The second-order valence-electron chi connectivity index (χ2n) is 3.61. The Morgan fingerprint density at radius 2 is 2.24 bits per heavy atom. The van der Waals surface area contributed by atoms with E-state index in [1.165, 1.54) is 6.07 Å². The number of aryl methyl sites for hydroxylation is 1. The Hall–Kier alpha value is -1.98. The van der Waals surface area contributed by atoms with Crippen molar-refractivity contribution in [1.29, 1.82) is 0 Å². The lowest BCUT2D eigenvalue weighted by atomic mass is 10.4. The Morgan fingerprint density at radius 3 is 2.76 bits per heavy atom. The summed E-state index contributed by atoms with van der Waals surface area (Å²) >= 11 is 0. The van der Waals surface area contributed by atoms with Crippen LogP contribution in [0.5, 0.6) is 0 Å². The molecule has 0 spiro atoms. The van der Waals surface area contributed by atoms with E-state index in [2.05, 4.69) is 5.32 Å². The average Bonchev–Trinajstić information content (AvgIpc) is 2.58. The molecule has 1 aromatic heterocycles. The molecular formula is C11H17N3O3. The van der Waals surface area contributed by atoms with Gasteiger partial charge in [0.1, 0.15) is 12.3 Å². The molecule has 0 bridgehead atoms. The molecule has 0 aromatic carbocycles. The van der Waals surface area contributed by atoms with Crippen LogP contribution in [0.15, 0.2) is 12.3 Å². The van der Waals surface area contributed by atoms with Crippen LogP contribution in [-0.4, -0.2) is 29.6 Å². The number of anilines is 1. The van der Waals surface area contributed by atoms with E-state index in [4.69, 9.17) is 10.5 Å². The lowest BCUT2D eigenvalue weighted by molar-refractivity contribution is -0.121.